The largest absolute Gasteiger partial charge is 0.496 e. The molecule has 0 spiro atoms. The molecule has 1 aromatic carbocycles. The van der Waals surface area contributed by atoms with Gasteiger partial charge in [0.25, 0.3) is 5.56 Å². The van der Waals surface area contributed by atoms with E-state index in [0.717, 1.165) is 11.3 Å². The lowest BCUT2D eigenvalue weighted by atomic mass is 10.1. The fourth-order valence-electron chi connectivity index (χ4n) is 2.18. The van der Waals surface area contributed by atoms with Crippen LogP contribution in [0.25, 0.3) is 11.3 Å². The van der Waals surface area contributed by atoms with E-state index in [4.69, 9.17) is 9.47 Å². The number of aromatic nitrogens is 2. The average molecular weight is 303 g/mol. The third-order valence-electron chi connectivity index (χ3n) is 3.32. The van der Waals surface area contributed by atoms with Crippen molar-refractivity contribution in [3.63, 3.8) is 0 Å². The summed E-state index contributed by atoms with van der Waals surface area (Å²) in [6, 6.07) is 9.42. The molecule has 2 rings (SSSR count). The van der Waals surface area contributed by atoms with Crippen LogP contribution in [0.3, 0.4) is 0 Å². The highest BCUT2D eigenvalue weighted by Gasteiger charge is 2.11. The van der Waals surface area contributed by atoms with Gasteiger partial charge in [-0.05, 0) is 18.2 Å². The highest BCUT2D eigenvalue weighted by Crippen LogP contribution is 2.27. The van der Waals surface area contributed by atoms with E-state index in [1.807, 2.05) is 24.3 Å². The Morgan fingerprint density at radius 3 is 2.77 bits per heavy atom. The molecular formula is C16H21N3O3. The van der Waals surface area contributed by atoms with Crippen LogP contribution in [-0.2, 0) is 18.3 Å². The highest BCUT2D eigenvalue weighted by atomic mass is 16.5. The molecule has 0 unspecified atom stereocenters. The molecule has 0 saturated heterocycles. The lowest BCUT2D eigenvalue weighted by molar-refractivity contribution is 0.199. The average Bonchev–Trinajstić information content (AvgIpc) is 2.55. The topological polar surface area (TPSA) is 65.4 Å². The minimum Gasteiger partial charge on any atom is -0.496 e. The molecule has 0 saturated carbocycles. The molecule has 1 heterocycles. The van der Waals surface area contributed by atoms with Crippen molar-refractivity contribution in [3.05, 3.63) is 46.2 Å². The number of hydrogen-bond donors (Lipinski definition) is 1. The SMILES string of the molecule is COCCNCc1cc(-c2ccccc2OC)nn(C)c1=O. The number of methoxy groups -OCH3 is 2. The zero-order chi connectivity index (χ0) is 15.9. The molecule has 1 N–H and O–H groups in total. The molecule has 22 heavy (non-hydrogen) atoms. The van der Waals surface area contributed by atoms with E-state index in [0.29, 0.717) is 31.0 Å². The zero-order valence-electron chi connectivity index (χ0n) is 13.1. The van der Waals surface area contributed by atoms with Crippen LogP contribution in [-0.4, -0.2) is 37.2 Å². The highest BCUT2D eigenvalue weighted by molar-refractivity contribution is 5.67. The van der Waals surface area contributed by atoms with Gasteiger partial charge in [0.1, 0.15) is 5.75 Å². The minimum atomic E-state index is -0.108. The molecule has 0 fully saturated rings. The first-order valence-electron chi connectivity index (χ1n) is 7.07. The predicted octanol–water partition coefficient (Wildman–Crippen LogP) is 1.19. The molecular weight excluding hydrogens is 282 g/mol. The Kier molecular flexibility index (Phi) is 5.68. The Hall–Kier alpha value is -2.18. The Bertz CT molecular complexity index is 683. The van der Waals surface area contributed by atoms with Gasteiger partial charge in [-0.1, -0.05) is 12.1 Å². The molecule has 0 atom stereocenters. The third kappa shape index (κ3) is 3.72. The van der Waals surface area contributed by atoms with Crippen molar-refractivity contribution in [2.24, 2.45) is 7.05 Å². The fourth-order valence-corrected chi connectivity index (χ4v) is 2.18. The van der Waals surface area contributed by atoms with Crippen LogP contribution in [0.15, 0.2) is 35.1 Å². The van der Waals surface area contributed by atoms with Gasteiger partial charge in [0.05, 0.1) is 19.4 Å². The van der Waals surface area contributed by atoms with Crippen molar-refractivity contribution in [1.82, 2.24) is 15.1 Å². The van der Waals surface area contributed by atoms with Gasteiger partial charge in [-0.25, -0.2) is 4.68 Å². The van der Waals surface area contributed by atoms with Gasteiger partial charge < -0.3 is 14.8 Å². The molecule has 0 aliphatic rings. The number of benzene rings is 1. The Morgan fingerprint density at radius 2 is 2.05 bits per heavy atom. The van der Waals surface area contributed by atoms with E-state index in [1.165, 1.54) is 4.68 Å². The molecule has 0 aliphatic carbocycles. The first-order chi connectivity index (χ1) is 10.7. The summed E-state index contributed by atoms with van der Waals surface area (Å²) in [4.78, 5) is 12.2. The number of nitrogens with one attached hydrogen (secondary N) is 1. The van der Waals surface area contributed by atoms with Crippen molar-refractivity contribution in [2.75, 3.05) is 27.4 Å². The molecule has 6 heteroatoms. The van der Waals surface area contributed by atoms with Gasteiger partial charge in [-0.2, -0.15) is 5.10 Å². The molecule has 0 aliphatic heterocycles. The first kappa shape index (κ1) is 16.2. The summed E-state index contributed by atoms with van der Waals surface area (Å²) in [5.74, 6) is 0.729. The second-order valence-corrected chi connectivity index (χ2v) is 4.85. The van der Waals surface area contributed by atoms with Crippen molar-refractivity contribution in [1.29, 1.82) is 0 Å². The second-order valence-electron chi connectivity index (χ2n) is 4.85. The monoisotopic (exact) mass is 303 g/mol. The molecule has 1 aromatic heterocycles. The number of aryl methyl sites for hydroxylation is 1. The van der Waals surface area contributed by atoms with Gasteiger partial charge in [0.15, 0.2) is 0 Å². The van der Waals surface area contributed by atoms with Crippen molar-refractivity contribution >= 4 is 0 Å². The number of rotatable bonds is 7. The van der Waals surface area contributed by atoms with Crippen LogP contribution in [0, 0.1) is 0 Å². The van der Waals surface area contributed by atoms with Crippen molar-refractivity contribution < 1.29 is 9.47 Å². The lowest BCUT2D eigenvalue weighted by Crippen LogP contribution is -2.28. The van der Waals surface area contributed by atoms with Crippen molar-refractivity contribution in [2.45, 2.75) is 6.54 Å². The second kappa shape index (κ2) is 7.72. The maximum atomic E-state index is 12.2. The summed E-state index contributed by atoms with van der Waals surface area (Å²) in [5.41, 5.74) is 2.12. The smallest absolute Gasteiger partial charge is 0.271 e. The third-order valence-corrected chi connectivity index (χ3v) is 3.32. The van der Waals surface area contributed by atoms with Crippen LogP contribution in [0.1, 0.15) is 5.56 Å². The standard InChI is InChI=1S/C16H21N3O3/c1-19-16(20)12(11-17-8-9-21-2)10-14(18-19)13-6-4-5-7-15(13)22-3/h4-7,10,17H,8-9,11H2,1-3H3. The van der Waals surface area contributed by atoms with Gasteiger partial charge >= 0.3 is 0 Å². The van der Waals surface area contributed by atoms with Crippen LogP contribution >= 0.6 is 0 Å². The van der Waals surface area contributed by atoms with E-state index in [2.05, 4.69) is 10.4 Å². The maximum Gasteiger partial charge on any atom is 0.271 e. The first-order valence-corrected chi connectivity index (χ1v) is 7.07. The van der Waals surface area contributed by atoms with E-state index in [1.54, 1.807) is 27.3 Å². The summed E-state index contributed by atoms with van der Waals surface area (Å²) >= 11 is 0. The Morgan fingerprint density at radius 1 is 1.27 bits per heavy atom. The molecule has 0 radical (unpaired) electrons. The summed E-state index contributed by atoms with van der Waals surface area (Å²) in [6.45, 7) is 1.76. The summed E-state index contributed by atoms with van der Waals surface area (Å²) < 4.78 is 11.7. The van der Waals surface area contributed by atoms with Crippen LogP contribution in [0.2, 0.25) is 0 Å². The molecule has 118 valence electrons. The van der Waals surface area contributed by atoms with Gasteiger partial charge in [0, 0.05) is 38.4 Å². The molecule has 2 aromatic rings. The minimum absolute atomic E-state index is 0.108. The van der Waals surface area contributed by atoms with Gasteiger partial charge in [-0.3, -0.25) is 4.79 Å². The number of nitrogens with zero attached hydrogens (tertiary/aromatic N) is 2. The van der Waals surface area contributed by atoms with E-state index in [9.17, 15) is 4.79 Å². The fraction of sp³-hybridized carbons (Fsp3) is 0.375. The summed E-state index contributed by atoms with van der Waals surface area (Å²) in [7, 11) is 4.92. The van der Waals surface area contributed by atoms with Crippen LogP contribution in [0.4, 0.5) is 0 Å². The maximum absolute atomic E-state index is 12.2. The van der Waals surface area contributed by atoms with E-state index < -0.39 is 0 Å². The summed E-state index contributed by atoms with van der Waals surface area (Å²) in [5, 5.41) is 7.51. The number of ether oxygens (including phenoxy) is 2. The van der Waals surface area contributed by atoms with Gasteiger partial charge in [-0.15, -0.1) is 0 Å². The molecule has 0 bridgehead atoms. The molecule has 0 amide bonds. The zero-order valence-corrected chi connectivity index (χ0v) is 13.1. The Labute approximate surface area is 129 Å². The van der Waals surface area contributed by atoms with E-state index in [-0.39, 0.29) is 5.56 Å². The Balaban J connectivity index is 2.33. The van der Waals surface area contributed by atoms with Gasteiger partial charge in [0.2, 0.25) is 0 Å². The quantitative estimate of drug-likeness (QED) is 0.778. The van der Waals surface area contributed by atoms with E-state index >= 15 is 0 Å². The number of hydrogen-bond acceptors (Lipinski definition) is 5. The lowest BCUT2D eigenvalue weighted by Gasteiger charge is -2.11. The normalized spacial score (nSPS) is 10.7. The summed E-state index contributed by atoms with van der Waals surface area (Å²) in [6.07, 6.45) is 0. The van der Waals surface area contributed by atoms with Crippen LogP contribution < -0.4 is 15.6 Å². The van der Waals surface area contributed by atoms with Crippen molar-refractivity contribution in [3.8, 4) is 17.0 Å². The predicted molar refractivity (Wildman–Crippen MR) is 85.0 cm³/mol. The molecule has 6 nitrogen and oxygen atoms in total. The van der Waals surface area contributed by atoms with Crippen LogP contribution in [0.5, 0.6) is 5.75 Å². The number of para-hydroxylation sites is 1.